The lowest BCUT2D eigenvalue weighted by Gasteiger charge is -2.28. The summed E-state index contributed by atoms with van der Waals surface area (Å²) in [5.41, 5.74) is -3.70. The van der Waals surface area contributed by atoms with Gasteiger partial charge in [-0.15, -0.1) is 0 Å². The van der Waals surface area contributed by atoms with E-state index in [0.717, 1.165) is 30.0 Å². The summed E-state index contributed by atoms with van der Waals surface area (Å²) in [6, 6.07) is -1.65. The van der Waals surface area contributed by atoms with Crippen LogP contribution in [-0.2, 0) is 18.6 Å². The van der Waals surface area contributed by atoms with E-state index in [0.29, 0.717) is 10.7 Å². The van der Waals surface area contributed by atoms with Gasteiger partial charge in [-0.1, -0.05) is 6.04 Å². The maximum absolute atomic E-state index is 14.5. The van der Waals surface area contributed by atoms with Gasteiger partial charge in [0.15, 0.2) is 0 Å². The highest BCUT2D eigenvalue weighted by Crippen LogP contribution is 2.28. The third-order valence-corrected chi connectivity index (χ3v) is 2.79. The van der Waals surface area contributed by atoms with Crippen molar-refractivity contribution in [2.75, 3.05) is 0 Å². The van der Waals surface area contributed by atoms with Crippen LogP contribution in [0.2, 0.25) is 0 Å². The van der Waals surface area contributed by atoms with Crippen LogP contribution in [0.15, 0.2) is 43.5 Å². The predicted octanol–water partition coefficient (Wildman–Crippen LogP) is 0.736. The van der Waals surface area contributed by atoms with Crippen LogP contribution in [0.1, 0.15) is 11.0 Å². The van der Waals surface area contributed by atoms with Gasteiger partial charge in [0.05, 0.1) is 18.5 Å². The Morgan fingerprint density at radius 2 is 1.86 bits per heavy atom. The van der Waals surface area contributed by atoms with Crippen LogP contribution in [0.25, 0.3) is 0 Å². The Bertz CT molecular complexity index is 921. The number of hydrogen-bond acceptors (Lipinski definition) is 5. The van der Waals surface area contributed by atoms with Crippen LogP contribution in [0.4, 0.5) is 8.78 Å². The molecule has 0 radical (unpaired) electrons. The van der Waals surface area contributed by atoms with Gasteiger partial charge in [0.25, 0.3) is 0 Å². The van der Waals surface area contributed by atoms with Crippen LogP contribution in [0.3, 0.4) is 0 Å². The van der Waals surface area contributed by atoms with Gasteiger partial charge in [0.1, 0.15) is 42.5 Å². The minimum atomic E-state index is -2.84. The lowest BCUT2D eigenvalue weighted by molar-refractivity contribution is -0.00855. The standard InChI is InChI=1S/C13H12F2N6O/c14-10-1-2-11(12(15)3-10)13(22,4-20-8-16-6-18-20)5-21-9-17-7-19-21/h1-3,6-9,22H,4-5H2/i1D,2D,4D2. The van der Waals surface area contributed by atoms with Gasteiger partial charge in [0.2, 0.25) is 0 Å². The maximum atomic E-state index is 14.5. The first-order chi connectivity index (χ1) is 12.2. The summed E-state index contributed by atoms with van der Waals surface area (Å²) in [6.45, 7) is -3.52. The summed E-state index contributed by atoms with van der Waals surface area (Å²) in [6.07, 6.45) is 4.23. The molecule has 1 aromatic carbocycles. The lowest BCUT2D eigenvalue weighted by atomic mass is 9.93. The molecule has 0 saturated carbocycles. The van der Waals surface area contributed by atoms with Crippen molar-refractivity contribution in [1.82, 2.24) is 29.5 Å². The van der Waals surface area contributed by atoms with Gasteiger partial charge in [-0.05, 0) is 6.04 Å². The summed E-state index contributed by atoms with van der Waals surface area (Å²) < 4.78 is 61.8. The van der Waals surface area contributed by atoms with E-state index < -0.39 is 47.9 Å². The number of hydrogen-bond donors (Lipinski definition) is 1. The first-order valence-corrected chi connectivity index (χ1v) is 6.04. The molecule has 0 amide bonds. The number of aliphatic hydroxyl groups is 1. The minimum absolute atomic E-state index is 0.319. The summed E-state index contributed by atoms with van der Waals surface area (Å²) in [7, 11) is 0. The molecular formula is C13H12F2N6O. The van der Waals surface area contributed by atoms with Crippen LogP contribution in [-0.4, -0.2) is 34.6 Å². The lowest BCUT2D eigenvalue weighted by Crippen LogP contribution is -2.37. The molecule has 2 aromatic heterocycles. The van der Waals surface area contributed by atoms with E-state index >= 15 is 0 Å². The van der Waals surface area contributed by atoms with Gasteiger partial charge >= 0.3 is 0 Å². The molecular weight excluding hydrogens is 294 g/mol. The van der Waals surface area contributed by atoms with Crippen molar-refractivity contribution in [1.29, 1.82) is 0 Å². The fourth-order valence-electron chi connectivity index (χ4n) is 1.88. The zero-order valence-electron chi connectivity index (χ0n) is 15.0. The summed E-state index contributed by atoms with van der Waals surface area (Å²) in [5, 5.41) is 18.6. The van der Waals surface area contributed by atoms with Gasteiger partial charge in [-0.25, -0.2) is 28.1 Å². The average molecular weight is 310 g/mol. The first kappa shape index (κ1) is 10.1. The van der Waals surface area contributed by atoms with E-state index in [2.05, 4.69) is 20.2 Å². The van der Waals surface area contributed by atoms with Crippen molar-refractivity contribution in [2.45, 2.75) is 18.6 Å². The van der Waals surface area contributed by atoms with Crippen molar-refractivity contribution in [2.24, 2.45) is 0 Å². The highest BCUT2D eigenvalue weighted by atomic mass is 19.1. The minimum Gasteiger partial charge on any atom is -0.381 e. The van der Waals surface area contributed by atoms with Crippen LogP contribution < -0.4 is 0 Å². The van der Waals surface area contributed by atoms with Crippen molar-refractivity contribution < 1.29 is 19.4 Å². The van der Waals surface area contributed by atoms with E-state index in [9.17, 15) is 13.9 Å². The summed E-state index contributed by atoms with van der Waals surface area (Å²) >= 11 is 0. The van der Waals surface area contributed by atoms with Crippen LogP contribution in [0, 0.1) is 11.6 Å². The average Bonchev–Trinajstić information content (AvgIpc) is 3.26. The molecule has 9 heteroatoms. The largest absolute Gasteiger partial charge is 0.381 e. The molecule has 0 saturated heterocycles. The summed E-state index contributed by atoms with van der Waals surface area (Å²) in [4.78, 5) is 7.26. The fraction of sp³-hybridized carbons (Fsp3) is 0.231. The van der Waals surface area contributed by atoms with E-state index in [1.165, 1.54) is 0 Å². The van der Waals surface area contributed by atoms with Crippen molar-refractivity contribution >= 4 is 0 Å². The second-order valence-corrected chi connectivity index (χ2v) is 4.37. The second kappa shape index (κ2) is 5.60. The molecule has 1 atom stereocenters. The highest BCUT2D eigenvalue weighted by molar-refractivity contribution is 5.25. The topological polar surface area (TPSA) is 81.6 Å². The van der Waals surface area contributed by atoms with Gasteiger partial charge in [0, 0.05) is 11.6 Å². The van der Waals surface area contributed by atoms with Crippen molar-refractivity contribution in [3.8, 4) is 0 Å². The van der Waals surface area contributed by atoms with Crippen molar-refractivity contribution in [3.63, 3.8) is 0 Å². The SMILES string of the molecule is [2H]c1c(F)cc(F)c(C(O)(Cn2cncn2)C([2H])([2H])n2cncn2)c1[2H]. The molecule has 1 N–H and O–H groups in total. The molecule has 0 spiro atoms. The first-order valence-electron chi connectivity index (χ1n) is 8.04. The zero-order chi connectivity index (χ0) is 19.1. The Kier molecular flexibility index (Phi) is 2.58. The number of aromatic nitrogens is 6. The Labute approximate surface area is 129 Å². The van der Waals surface area contributed by atoms with E-state index in [-0.39, 0.29) is 0 Å². The zero-order valence-corrected chi connectivity index (χ0v) is 11.0. The van der Waals surface area contributed by atoms with E-state index in [1.54, 1.807) is 0 Å². The molecule has 0 aliphatic rings. The fourth-order valence-corrected chi connectivity index (χ4v) is 1.88. The predicted molar refractivity (Wildman–Crippen MR) is 70.3 cm³/mol. The Hall–Kier alpha value is -2.68. The molecule has 22 heavy (non-hydrogen) atoms. The van der Waals surface area contributed by atoms with Gasteiger partial charge in [-0.2, -0.15) is 10.2 Å². The summed E-state index contributed by atoms with van der Waals surface area (Å²) in [5.74, 6) is -2.68. The molecule has 0 aliphatic heterocycles. The number of rotatable bonds is 5. The molecule has 3 rings (SSSR count). The molecule has 2 heterocycles. The smallest absolute Gasteiger partial charge is 0.137 e. The third kappa shape index (κ3) is 2.84. The van der Waals surface area contributed by atoms with E-state index in [4.69, 9.17) is 5.48 Å². The van der Waals surface area contributed by atoms with Gasteiger partial charge < -0.3 is 5.11 Å². The monoisotopic (exact) mass is 310 g/mol. The van der Waals surface area contributed by atoms with Crippen LogP contribution in [0.5, 0.6) is 0 Å². The number of halogens is 2. The third-order valence-electron chi connectivity index (χ3n) is 2.79. The molecule has 1 unspecified atom stereocenters. The quantitative estimate of drug-likeness (QED) is 0.751. The van der Waals surface area contributed by atoms with Crippen LogP contribution >= 0.6 is 0 Å². The molecule has 7 nitrogen and oxygen atoms in total. The molecule has 0 bridgehead atoms. The Morgan fingerprint density at radius 3 is 2.50 bits per heavy atom. The van der Waals surface area contributed by atoms with Crippen molar-refractivity contribution in [3.05, 3.63) is 60.7 Å². The Morgan fingerprint density at radius 1 is 1.18 bits per heavy atom. The molecule has 0 aliphatic carbocycles. The second-order valence-electron chi connectivity index (χ2n) is 4.37. The highest BCUT2D eigenvalue weighted by Gasteiger charge is 2.34. The molecule has 0 fully saturated rings. The number of benzene rings is 1. The maximum Gasteiger partial charge on any atom is 0.137 e. The number of nitrogens with zero attached hydrogens (tertiary/aromatic N) is 6. The molecule has 114 valence electrons. The Balaban J connectivity index is 2.28. The normalized spacial score (nSPS) is 17.2. The molecule has 3 aromatic rings. The van der Waals surface area contributed by atoms with Gasteiger partial charge in [-0.3, -0.25) is 0 Å². The van der Waals surface area contributed by atoms with E-state index in [1.807, 2.05) is 0 Å².